The maximum Gasteiger partial charge on any atom is 0.309 e. The lowest BCUT2D eigenvalue weighted by atomic mass is 10.1. The molecule has 0 amide bonds. The third kappa shape index (κ3) is 3.02. The van der Waals surface area contributed by atoms with Crippen LogP contribution in [0.4, 0.5) is 0 Å². The van der Waals surface area contributed by atoms with Gasteiger partial charge in [0, 0.05) is 5.69 Å². The van der Waals surface area contributed by atoms with Gasteiger partial charge in [0.15, 0.2) is 0 Å². The van der Waals surface area contributed by atoms with Crippen LogP contribution in [0, 0.1) is 6.92 Å². The second-order valence-electron chi connectivity index (χ2n) is 5.04. The summed E-state index contributed by atoms with van der Waals surface area (Å²) in [4.78, 5) is 10.8. The van der Waals surface area contributed by atoms with Crippen LogP contribution in [-0.2, 0) is 11.2 Å². The van der Waals surface area contributed by atoms with E-state index in [1.807, 2.05) is 41.9 Å². The van der Waals surface area contributed by atoms with Gasteiger partial charge in [0.2, 0.25) is 0 Å². The fourth-order valence-electron chi connectivity index (χ4n) is 2.07. The zero-order chi connectivity index (χ0) is 14.0. The van der Waals surface area contributed by atoms with E-state index in [9.17, 15) is 4.79 Å². The third-order valence-corrected chi connectivity index (χ3v) is 2.96. The summed E-state index contributed by atoms with van der Waals surface area (Å²) in [5, 5.41) is 13.3. The molecule has 1 heterocycles. The fraction of sp³-hybridized carbons (Fsp3) is 0.333. The number of hydrogen-bond donors (Lipinski definition) is 1. The molecule has 0 saturated carbocycles. The van der Waals surface area contributed by atoms with Gasteiger partial charge in [-0.15, -0.1) is 0 Å². The van der Waals surface area contributed by atoms with Crippen molar-refractivity contribution in [2.24, 2.45) is 0 Å². The molecule has 0 saturated heterocycles. The van der Waals surface area contributed by atoms with E-state index in [-0.39, 0.29) is 12.3 Å². The number of benzene rings is 1. The van der Waals surface area contributed by atoms with E-state index in [0.29, 0.717) is 5.69 Å². The minimum absolute atomic E-state index is 0.0431. The number of carbonyl (C=O) groups is 1. The predicted octanol–water partition coefficient (Wildman–Crippen LogP) is 2.93. The molecule has 1 aromatic heterocycles. The Hall–Kier alpha value is -2.10. The molecule has 0 bridgehead atoms. The first kappa shape index (κ1) is 13.3. The van der Waals surface area contributed by atoms with Crippen molar-refractivity contribution in [1.82, 2.24) is 9.78 Å². The smallest absolute Gasteiger partial charge is 0.309 e. The summed E-state index contributed by atoms with van der Waals surface area (Å²) in [6.45, 7) is 6.18. The molecular weight excluding hydrogens is 240 g/mol. The van der Waals surface area contributed by atoms with Crippen LogP contribution in [0.3, 0.4) is 0 Å². The highest BCUT2D eigenvalue weighted by atomic mass is 16.4. The zero-order valence-corrected chi connectivity index (χ0v) is 11.4. The van der Waals surface area contributed by atoms with Crippen LogP contribution < -0.4 is 0 Å². The maximum atomic E-state index is 10.8. The van der Waals surface area contributed by atoms with Gasteiger partial charge in [-0.3, -0.25) is 4.79 Å². The van der Waals surface area contributed by atoms with Gasteiger partial charge in [-0.05, 0) is 36.6 Å². The van der Waals surface area contributed by atoms with Crippen LogP contribution >= 0.6 is 0 Å². The number of aryl methyl sites for hydroxylation is 1. The average Bonchev–Trinajstić information content (AvgIpc) is 2.72. The normalized spacial score (nSPS) is 10.9. The molecule has 0 fully saturated rings. The third-order valence-electron chi connectivity index (χ3n) is 2.96. The lowest BCUT2D eigenvalue weighted by Gasteiger charge is -2.10. The highest BCUT2D eigenvalue weighted by molar-refractivity contribution is 5.69. The quantitative estimate of drug-likeness (QED) is 0.917. The monoisotopic (exact) mass is 258 g/mol. The minimum atomic E-state index is -0.857. The second-order valence-corrected chi connectivity index (χ2v) is 5.04. The summed E-state index contributed by atoms with van der Waals surface area (Å²) in [5.74, 6) is -0.570. The van der Waals surface area contributed by atoms with Gasteiger partial charge >= 0.3 is 5.97 Å². The topological polar surface area (TPSA) is 55.1 Å². The lowest BCUT2D eigenvalue weighted by Crippen LogP contribution is -2.05. The molecule has 1 N–H and O–H groups in total. The van der Waals surface area contributed by atoms with E-state index in [1.165, 1.54) is 0 Å². The Morgan fingerprint density at radius 2 is 2.11 bits per heavy atom. The first-order chi connectivity index (χ1) is 8.97. The summed E-state index contributed by atoms with van der Waals surface area (Å²) in [6, 6.07) is 9.91. The zero-order valence-electron chi connectivity index (χ0n) is 11.4. The van der Waals surface area contributed by atoms with Gasteiger partial charge in [0.1, 0.15) is 0 Å². The molecule has 100 valence electrons. The largest absolute Gasteiger partial charge is 0.481 e. The van der Waals surface area contributed by atoms with Crippen LogP contribution in [0.1, 0.15) is 36.7 Å². The van der Waals surface area contributed by atoms with Crippen LogP contribution in [0.5, 0.6) is 0 Å². The van der Waals surface area contributed by atoms with Gasteiger partial charge in [-0.25, -0.2) is 4.68 Å². The molecule has 0 aliphatic rings. The van der Waals surface area contributed by atoms with Crippen molar-refractivity contribution >= 4 is 5.97 Å². The van der Waals surface area contributed by atoms with E-state index >= 15 is 0 Å². The van der Waals surface area contributed by atoms with E-state index in [1.54, 1.807) is 0 Å². The fourth-order valence-corrected chi connectivity index (χ4v) is 2.07. The number of carboxylic acids is 1. The predicted molar refractivity (Wildman–Crippen MR) is 73.7 cm³/mol. The molecule has 0 aliphatic carbocycles. The van der Waals surface area contributed by atoms with Crippen LogP contribution in [-0.4, -0.2) is 20.9 Å². The van der Waals surface area contributed by atoms with Crippen molar-refractivity contribution in [3.05, 3.63) is 47.3 Å². The highest BCUT2D eigenvalue weighted by Crippen LogP contribution is 2.21. The van der Waals surface area contributed by atoms with E-state index in [2.05, 4.69) is 18.9 Å². The van der Waals surface area contributed by atoms with E-state index in [0.717, 1.165) is 16.9 Å². The van der Waals surface area contributed by atoms with Crippen LogP contribution in [0.25, 0.3) is 5.69 Å². The molecule has 0 aliphatic heterocycles. The van der Waals surface area contributed by atoms with Gasteiger partial charge in [-0.2, -0.15) is 5.10 Å². The summed E-state index contributed by atoms with van der Waals surface area (Å²) in [6.07, 6.45) is -0.0431. The molecule has 1 aromatic carbocycles. The van der Waals surface area contributed by atoms with Crippen LogP contribution in [0.2, 0.25) is 0 Å². The standard InChI is InChI=1S/C15H18N2O2/c1-10(2)14-8-12(9-15(18)19)16-17(14)13-6-4-5-11(3)7-13/h4-8,10H,9H2,1-3H3,(H,18,19). The van der Waals surface area contributed by atoms with Gasteiger partial charge in [-0.1, -0.05) is 26.0 Å². The number of nitrogens with zero attached hydrogens (tertiary/aromatic N) is 2. The Morgan fingerprint density at radius 3 is 2.68 bits per heavy atom. The van der Waals surface area contributed by atoms with Gasteiger partial charge in [0.25, 0.3) is 0 Å². The number of carboxylic acid groups (broad SMARTS) is 1. The number of aliphatic carboxylic acids is 1. The number of aromatic nitrogens is 2. The Balaban J connectivity index is 2.48. The van der Waals surface area contributed by atoms with Crippen molar-refractivity contribution in [3.8, 4) is 5.69 Å². The van der Waals surface area contributed by atoms with Gasteiger partial charge < -0.3 is 5.11 Å². The molecule has 0 radical (unpaired) electrons. The molecule has 19 heavy (non-hydrogen) atoms. The van der Waals surface area contributed by atoms with Crippen molar-refractivity contribution in [3.63, 3.8) is 0 Å². The molecule has 0 spiro atoms. The Morgan fingerprint density at radius 1 is 1.37 bits per heavy atom. The molecule has 4 heteroatoms. The SMILES string of the molecule is Cc1cccc(-n2nc(CC(=O)O)cc2C(C)C)c1. The van der Waals surface area contributed by atoms with Crippen molar-refractivity contribution < 1.29 is 9.90 Å². The Bertz CT molecular complexity index is 600. The number of hydrogen-bond acceptors (Lipinski definition) is 2. The van der Waals surface area contributed by atoms with Gasteiger partial charge in [0.05, 0.1) is 17.8 Å². The summed E-state index contributed by atoms with van der Waals surface area (Å²) in [7, 11) is 0. The lowest BCUT2D eigenvalue weighted by molar-refractivity contribution is -0.136. The van der Waals surface area contributed by atoms with Crippen molar-refractivity contribution in [1.29, 1.82) is 0 Å². The molecule has 0 unspecified atom stereocenters. The molecule has 0 atom stereocenters. The Labute approximate surface area is 112 Å². The number of rotatable bonds is 4. The minimum Gasteiger partial charge on any atom is -0.481 e. The Kier molecular flexibility index (Phi) is 3.69. The highest BCUT2D eigenvalue weighted by Gasteiger charge is 2.14. The first-order valence-corrected chi connectivity index (χ1v) is 6.35. The second kappa shape index (κ2) is 5.26. The molecule has 2 rings (SSSR count). The summed E-state index contributed by atoms with van der Waals surface area (Å²) < 4.78 is 1.84. The molecule has 4 nitrogen and oxygen atoms in total. The van der Waals surface area contributed by atoms with Crippen LogP contribution in [0.15, 0.2) is 30.3 Å². The van der Waals surface area contributed by atoms with Crippen molar-refractivity contribution in [2.45, 2.75) is 33.1 Å². The van der Waals surface area contributed by atoms with Crippen molar-refractivity contribution in [2.75, 3.05) is 0 Å². The van der Waals surface area contributed by atoms with E-state index < -0.39 is 5.97 Å². The molecular formula is C15H18N2O2. The molecule has 2 aromatic rings. The average molecular weight is 258 g/mol. The first-order valence-electron chi connectivity index (χ1n) is 6.35. The maximum absolute atomic E-state index is 10.8. The van der Waals surface area contributed by atoms with E-state index in [4.69, 9.17) is 5.11 Å². The summed E-state index contributed by atoms with van der Waals surface area (Å²) in [5.41, 5.74) is 3.75. The summed E-state index contributed by atoms with van der Waals surface area (Å²) >= 11 is 0.